The van der Waals surface area contributed by atoms with Crippen molar-refractivity contribution in [3.8, 4) is 0 Å². The Labute approximate surface area is 199 Å². The van der Waals surface area contributed by atoms with E-state index in [1.165, 1.54) is 173 Å². The van der Waals surface area contributed by atoms with Crippen molar-refractivity contribution in [2.24, 2.45) is 0 Å². The van der Waals surface area contributed by atoms with Crippen LogP contribution in [0.25, 0.3) is 0 Å². The lowest BCUT2D eigenvalue weighted by atomic mass is 10.0. The van der Waals surface area contributed by atoms with Crippen molar-refractivity contribution < 1.29 is 0 Å². The Hall–Kier alpha value is -0.260. The highest BCUT2D eigenvalue weighted by molar-refractivity contribution is 4.81. The first-order valence-corrected chi connectivity index (χ1v) is 15.1. The first-order valence-electron chi connectivity index (χ1n) is 15.1. The van der Waals surface area contributed by atoms with E-state index in [-0.39, 0.29) is 0 Å². The topological polar surface area (TPSA) is 0 Å². The van der Waals surface area contributed by atoms with Crippen LogP contribution < -0.4 is 0 Å². The fraction of sp³-hybridized carbons (Fsp3) is 0.935. The third-order valence-corrected chi connectivity index (χ3v) is 6.87. The van der Waals surface area contributed by atoms with Crippen molar-refractivity contribution in [1.82, 2.24) is 0 Å². The molecule has 0 heterocycles. The number of hydrogen-bond acceptors (Lipinski definition) is 0. The van der Waals surface area contributed by atoms with Crippen LogP contribution >= 0.6 is 0 Å². The predicted octanol–water partition coefficient (Wildman–Crippen LogP) is 12.1. The number of unbranched alkanes of at least 4 members (excludes halogenated alkanes) is 25. The molecule has 0 spiro atoms. The molecule has 0 rings (SSSR count). The van der Waals surface area contributed by atoms with Gasteiger partial charge in [-0.1, -0.05) is 174 Å². The molecule has 0 aromatic rings. The zero-order valence-corrected chi connectivity index (χ0v) is 22.2. The lowest BCUT2D eigenvalue weighted by Gasteiger charge is -2.02. The number of rotatable bonds is 27. The second-order valence-electron chi connectivity index (χ2n) is 10.2. The van der Waals surface area contributed by atoms with E-state index >= 15 is 0 Å². The molecule has 0 fully saturated rings. The van der Waals surface area contributed by atoms with E-state index < -0.39 is 0 Å². The van der Waals surface area contributed by atoms with Gasteiger partial charge in [0.15, 0.2) is 0 Å². The van der Waals surface area contributed by atoms with Crippen LogP contribution in [0.3, 0.4) is 0 Å². The summed E-state index contributed by atoms with van der Waals surface area (Å²) in [5, 5.41) is 0. The van der Waals surface area contributed by atoms with Gasteiger partial charge in [0.05, 0.1) is 0 Å². The minimum Gasteiger partial charge on any atom is -0.0885 e. The maximum atomic E-state index is 2.46. The largest absolute Gasteiger partial charge is 0.0885 e. The van der Waals surface area contributed by atoms with E-state index in [1.807, 2.05) is 0 Å². The predicted molar refractivity (Wildman–Crippen MR) is 145 cm³/mol. The van der Waals surface area contributed by atoms with Crippen LogP contribution in [0, 0.1) is 0 Å². The second-order valence-corrected chi connectivity index (χ2v) is 10.2. The normalized spacial score (nSPS) is 11.7. The second kappa shape index (κ2) is 29.7. The molecule has 0 unspecified atom stereocenters. The molecule has 0 saturated carbocycles. The molecule has 0 aliphatic rings. The minimum atomic E-state index is 1.32. The van der Waals surface area contributed by atoms with Crippen molar-refractivity contribution in [3.05, 3.63) is 12.2 Å². The quantitative estimate of drug-likeness (QED) is 0.0890. The van der Waals surface area contributed by atoms with Crippen molar-refractivity contribution in [2.75, 3.05) is 0 Å². The maximum Gasteiger partial charge on any atom is -0.0351 e. The third-order valence-electron chi connectivity index (χ3n) is 6.87. The van der Waals surface area contributed by atoms with Gasteiger partial charge >= 0.3 is 0 Å². The van der Waals surface area contributed by atoms with E-state index in [0.717, 1.165) is 0 Å². The molecule has 0 radical (unpaired) electrons. The molecule has 0 bridgehead atoms. The van der Waals surface area contributed by atoms with Gasteiger partial charge in [0.2, 0.25) is 0 Å². The van der Waals surface area contributed by atoms with Crippen molar-refractivity contribution in [2.45, 2.75) is 187 Å². The standard InChI is InChI=1S/C31H62/c1-3-5-7-9-11-13-15-17-19-21-23-25-27-29-31-30-28-26-24-22-20-18-16-14-12-10-8-6-4-2/h29,31H,3-28,30H2,1-2H3/b31-29+. The third kappa shape index (κ3) is 29.7. The zero-order valence-electron chi connectivity index (χ0n) is 22.2. The number of hydrogen-bond donors (Lipinski definition) is 0. The van der Waals surface area contributed by atoms with E-state index in [0.29, 0.717) is 0 Å². The van der Waals surface area contributed by atoms with Gasteiger partial charge in [-0.05, 0) is 25.7 Å². The summed E-state index contributed by atoms with van der Waals surface area (Å²) in [4.78, 5) is 0. The highest BCUT2D eigenvalue weighted by Crippen LogP contribution is 2.14. The Kier molecular flexibility index (Phi) is 29.5. The van der Waals surface area contributed by atoms with Crippen LogP contribution in [-0.4, -0.2) is 0 Å². The SMILES string of the molecule is CCCCCCCCCCCCCC/C=C/CCCCCCCCCCCCCCC. The molecule has 0 aliphatic heterocycles. The van der Waals surface area contributed by atoms with Crippen LogP contribution in [0.4, 0.5) is 0 Å². The summed E-state index contributed by atoms with van der Waals surface area (Å²) in [6, 6.07) is 0. The lowest BCUT2D eigenvalue weighted by Crippen LogP contribution is -1.83. The van der Waals surface area contributed by atoms with E-state index in [2.05, 4.69) is 26.0 Å². The van der Waals surface area contributed by atoms with Crippen molar-refractivity contribution >= 4 is 0 Å². The van der Waals surface area contributed by atoms with E-state index in [1.54, 1.807) is 0 Å². The molecule has 0 atom stereocenters. The monoisotopic (exact) mass is 434 g/mol. The molecule has 31 heavy (non-hydrogen) atoms. The summed E-state index contributed by atoms with van der Waals surface area (Å²) < 4.78 is 0. The molecule has 186 valence electrons. The average Bonchev–Trinajstić information content (AvgIpc) is 2.78. The van der Waals surface area contributed by atoms with Crippen LogP contribution in [0.1, 0.15) is 187 Å². The molecule has 0 heteroatoms. The molecular weight excluding hydrogens is 372 g/mol. The molecule has 0 aromatic heterocycles. The fourth-order valence-electron chi connectivity index (χ4n) is 4.62. The smallest absolute Gasteiger partial charge is 0.0351 e. The molecule has 0 nitrogen and oxygen atoms in total. The highest BCUT2D eigenvalue weighted by atomic mass is 14.0. The zero-order chi connectivity index (χ0) is 22.5. The summed E-state index contributed by atoms with van der Waals surface area (Å²) in [6.07, 6.45) is 43.9. The van der Waals surface area contributed by atoms with Crippen LogP contribution in [0.15, 0.2) is 12.2 Å². The summed E-state index contributed by atoms with van der Waals surface area (Å²) in [7, 11) is 0. The fourth-order valence-corrected chi connectivity index (χ4v) is 4.62. The summed E-state index contributed by atoms with van der Waals surface area (Å²) in [5.41, 5.74) is 0. The summed E-state index contributed by atoms with van der Waals surface area (Å²) >= 11 is 0. The van der Waals surface area contributed by atoms with Gasteiger partial charge < -0.3 is 0 Å². The Morgan fingerprint density at radius 3 is 0.677 bits per heavy atom. The number of allylic oxidation sites excluding steroid dienone is 2. The first-order chi connectivity index (χ1) is 15.4. The highest BCUT2D eigenvalue weighted by Gasteiger charge is 1.94. The Bertz CT molecular complexity index is 316. The van der Waals surface area contributed by atoms with Crippen LogP contribution in [0.5, 0.6) is 0 Å². The van der Waals surface area contributed by atoms with Crippen LogP contribution in [0.2, 0.25) is 0 Å². The summed E-state index contributed by atoms with van der Waals surface area (Å²) in [6.45, 7) is 4.60. The Morgan fingerprint density at radius 1 is 0.258 bits per heavy atom. The molecule has 0 aromatic carbocycles. The van der Waals surface area contributed by atoms with Gasteiger partial charge in [0.25, 0.3) is 0 Å². The Morgan fingerprint density at radius 2 is 0.452 bits per heavy atom. The Balaban J connectivity index is 3.06. The first kappa shape index (κ1) is 30.7. The molecule has 0 amide bonds. The molecule has 0 N–H and O–H groups in total. The minimum absolute atomic E-state index is 1.32. The van der Waals surface area contributed by atoms with Crippen molar-refractivity contribution in [1.29, 1.82) is 0 Å². The lowest BCUT2D eigenvalue weighted by molar-refractivity contribution is 0.540. The summed E-state index contributed by atoms with van der Waals surface area (Å²) in [5.74, 6) is 0. The van der Waals surface area contributed by atoms with Gasteiger partial charge in [-0.15, -0.1) is 0 Å². The maximum absolute atomic E-state index is 2.46. The van der Waals surface area contributed by atoms with Gasteiger partial charge in [0.1, 0.15) is 0 Å². The van der Waals surface area contributed by atoms with Gasteiger partial charge in [-0.25, -0.2) is 0 Å². The molecular formula is C31H62. The molecule has 0 aliphatic carbocycles. The van der Waals surface area contributed by atoms with Gasteiger partial charge in [-0.3, -0.25) is 0 Å². The van der Waals surface area contributed by atoms with E-state index in [4.69, 9.17) is 0 Å². The van der Waals surface area contributed by atoms with Gasteiger partial charge in [0, 0.05) is 0 Å². The average molecular weight is 435 g/mol. The van der Waals surface area contributed by atoms with Crippen LogP contribution in [-0.2, 0) is 0 Å². The van der Waals surface area contributed by atoms with E-state index in [9.17, 15) is 0 Å². The van der Waals surface area contributed by atoms with Crippen molar-refractivity contribution in [3.63, 3.8) is 0 Å². The van der Waals surface area contributed by atoms with Gasteiger partial charge in [-0.2, -0.15) is 0 Å². The molecule has 0 saturated heterocycles.